The van der Waals surface area contributed by atoms with E-state index in [9.17, 15) is 4.79 Å². The van der Waals surface area contributed by atoms with Crippen LogP contribution in [0.15, 0.2) is 48.5 Å². The molecule has 1 fully saturated rings. The summed E-state index contributed by atoms with van der Waals surface area (Å²) in [5.74, 6) is 0.854. The number of benzene rings is 2. The molecule has 0 bridgehead atoms. The zero-order chi connectivity index (χ0) is 22.3. The van der Waals surface area contributed by atoms with Crippen molar-refractivity contribution in [1.29, 1.82) is 0 Å². The molecule has 0 unspecified atom stereocenters. The summed E-state index contributed by atoms with van der Waals surface area (Å²) in [5.41, 5.74) is 4.20. The molecule has 170 valence electrons. The number of hydrogen-bond acceptors (Lipinski definition) is 4. The molecule has 32 heavy (non-hydrogen) atoms. The highest BCUT2D eigenvalue weighted by Crippen LogP contribution is 2.22. The smallest absolute Gasteiger partial charge is 0.224 e. The predicted octanol–water partition coefficient (Wildman–Crippen LogP) is 3.82. The van der Waals surface area contributed by atoms with Gasteiger partial charge in [-0.15, -0.1) is 0 Å². The van der Waals surface area contributed by atoms with Crippen molar-refractivity contribution in [2.45, 2.75) is 38.8 Å². The largest absolute Gasteiger partial charge is 0.492 e. The second-order valence-electron chi connectivity index (χ2n) is 8.55. The highest BCUT2D eigenvalue weighted by atomic mass is 16.5. The van der Waals surface area contributed by atoms with Crippen LogP contribution in [-0.2, 0) is 22.5 Å². The summed E-state index contributed by atoms with van der Waals surface area (Å²) in [6.45, 7) is 5.73. The van der Waals surface area contributed by atoms with Crippen molar-refractivity contribution in [2.24, 2.45) is 0 Å². The number of likely N-dealkylation sites (N-methyl/N-ethyl adjacent to an activating group) is 1. The number of rotatable bonds is 9. The van der Waals surface area contributed by atoms with Crippen LogP contribution in [0.3, 0.4) is 0 Å². The van der Waals surface area contributed by atoms with Crippen molar-refractivity contribution in [3.05, 3.63) is 65.4 Å². The third-order valence-electron chi connectivity index (χ3n) is 6.28. The molecule has 6 nitrogen and oxygen atoms in total. The number of aryl methyl sites for hydroxylation is 1. The number of nitrogens with zero attached hydrogens (tertiary/aromatic N) is 1. The molecule has 2 aromatic carbocycles. The molecule has 6 heteroatoms. The number of aromatic nitrogens is 1. The zero-order valence-corrected chi connectivity index (χ0v) is 19.0. The van der Waals surface area contributed by atoms with Gasteiger partial charge in [-0.1, -0.05) is 30.3 Å². The van der Waals surface area contributed by atoms with Crippen LogP contribution in [0.25, 0.3) is 10.9 Å². The quantitative estimate of drug-likeness (QED) is 0.536. The van der Waals surface area contributed by atoms with Gasteiger partial charge in [0.1, 0.15) is 12.4 Å². The van der Waals surface area contributed by atoms with Crippen molar-refractivity contribution in [2.75, 3.05) is 33.4 Å². The van der Waals surface area contributed by atoms with Gasteiger partial charge in [-0.05, 0) is 56.1 Å². The minimum Gasteiger partial charge on any atom is -0.492 e. The van der Waals surface area contributed by atoms with Crippen LogP contribution in [0.2, 0.25) is 0 Å². The van der Waals surface area contributed by atoms with Gasteiger partial charge < -0.3 is 19.8 Å². The summed E-state index contributed by atoms with van der Waals surface area (Å²) < 4.78 is 11.4. The Labute approximate surface area is 189 Å². The maximum Gasteiger partial charge on any atom is 0.224 e. The lowest BCUT2D eigenvalue weighted by atomic mass is 10.1. The first-order valence-electron chi connectivity index (χ1n) is 11.4. The molecule has 1 saturated heterocycles. The lowest BCUT2D eigenvalue weighted by Crippen LogP contribution is -2.38. The van der Waals surface area contributed by atoms with Gasteiger partial charge in [0.15, 0.2) is 0 Å². The number of para-hydroxylation sites is 1. The molecule has 0 saturated carbocycles. The Kier molecular flexibility index (Phi) is 7.45. The van der Waals surface area contributed by atoms with E-state index >= 15 is 0 Å². The molecule has 1 aromatic heterocycles. The molecule has 0 aliphatic carbocycles. The lowest BCUT2D eigenvalue weighted by molar-refractivity contribution is -0.120. The second-order valence-corrected chi connectivity index (χ2v) is 8.55. The zero-order valence-electron chi connectivity index (χ0n) is 19.0. The van der Waals surface area contributed by atoms with Crippen LogP contribution in [0.5, 0.6) is 5.75 Å². The Hall–Kier alpha value is -2.83. The molecular weight excluding hydrogens is 402 g/mol. The van der Waals surface area contributed by atoms with Crippen LogP contribution < -0.4 is 10.1 Å². The summed E-state index contributed by atoms with van der Waals surface area (Å²) in [6.07, 6.45) is 2.54. The fraction of sp³-hybridized carbons (Fsp3) is 0.423. The topological polar surface area (TPSA) is 66.6 Å². The van der Waals surface area contributed by atoms with Crippen LogP contribution in [-0.4, -0.2) is 55.2 Å². The van der Waals surface area contributed by atoms with Crippen molar-refractivity contribution in [1.82, 2.24) is 15.2 Å². The Morgan fingerprint density at radius 2 is 2.00 bits per heavy atom. The molecule has 0 atom stereocenters. The first-order valence-corrected chi connectivity index (χ1v) is 11.4. The molecule has 0 radical (unpaired) electrons. The van der Waals surface area contributed by atoms with E-state index in [4.69, 9.17) is 9.47 Å². The molecule has 2 heterocycles. The van der Waals surface area contributed by atoms with Gasteiger partial charge in [0.2, 0.25) is 5.91 Å². The highest BCUT2D eigenvalue weighted by Gasteiger charge is 2.18. The Balaban J connectivity index is 1.25. The minimum absolute atomic E-state index is 0.0160. The SMILES string of the molecule is Cc1[nH]c2ccccc2c1CC(=O)NCc1cccc(OCCN(C)C2CCOCC2)c1. The Bertz CT molecular complexity index is 1040. The number of hydrogen-bond donors (Lipinski definition) is 2. The van der Waals surface area contributed by atoms with E-state index in [2.05, 4.69) is 28.3 Å². The molecule has 1 aliphatic rings. The number of fused-ring (bicyclic) bond motifs is 1. The molecule has 1 aliphatic heterocycles. The Morgan fingerprint density at radius 3 is 2.84 bits per heavy atom. The van der Waals surface area contributed by atoms with Gasteiger partial charge in [-0.2, -0.15) is 0 Å². The van der Waals surface area contributed by atoms with Crippen molar-refractivity contribution in [3.63, 3.8) is 0 Å². The van der Waals surface area contributed by atoms with Gasteiger partial charge in [0, 0.05) is 48.9 Å². The fourth-order valence-corrected chi connectivity index (χ4v) is 4.35. The standard InChI is InChI=1S/C26H33N3O3/c1-19-24(23-8-3-4-9-25(23)28-19)17-26(30)27-18-20-6-5-7-22(16-20)32-15-12-29(2)21-10-13-31-14-11-21/h3-9,16,21,28H,10-15,17-18H2,1-2H3,(H,27,30). The van der Waals surface area contributed by atoms with E-state index < -0.39 is 0 Å². The first-order chi connectivity index (χ1) is 15.6. The van der Waals surface area contributed by atoms with E-state index in [0.717, 1.165) is 66.1 Å². The number of H-pyrrole nitrogens is 1. The van der Waals surface area contributed by atoms with Crippen molar-refractivity contribution in [3.8, 4) is 5.75 Å². The molecular formula is C26H33N3O3. The van der Waals surface area contributed by atoms with Gasteiger partial charge in [-0.25, -0.2) is 0 Å². The minimum atomic E-state index is 0.0160. The molecule has 4 rings (SSSR count). The maximum absolute atomic E-state index is 12.6. The first kappa shape index (κ1) is 22.4. The average molecular weight is 436 g/mol. The van der Waals surface area contributed by atoms with E-state index in [0.29, 0.717) is 25.6 Å². The summed E-state index contributed by atoms with van der Waals surface area (Å²) in [4.78, 5) is 18.3. The number of nitrogens with one attached hydrogen (secondary N) is 2. The number of carbonyl (C=O) groups is 1. The van der Waals surface area contributed by atoms with Crippen molar-refractivity contribution >= 4 is 16.8 Å². The van der Waals surface area contributed by atoms with Crippen LogP contribution in [0.4, 0.5) is 0 Å². The number of amides is 1. The predicted molar refractivity (Wildman–Crippen MR) is 127 cm³/mol. The monoisotopic (exact) mass is 435 g/mol. The third-order valence-corrected chi connectivity index (χ3v) is 6.28. The van der Waals surface area contributed by atoms with Crippen molar-refractivity contribution < 1.29 is 14.3 Å². The van der Waals surface area contributed by atoms with E-state index in [1.807, 2.05) is 49.4 Å². The van der Waals surface area contributed by atoms with Crippen LogP contribution in [0.1, 0.15) is 29.7 Å². The number of carbonyl (C=O) groups excluding carboxylic acids is 1. The summed E-state index contributed by atoms with van der Waals surface area (Å²) in [7, 11) is 2.15. The molecule has 2 N–H and O–H groups in total. The van der Waals surface area contributed by atoms with Crippen LogP contribution >= 0.6 is 0 Å². The summed E-state index contributed by atoms with van der Waals surface area (Å²) in [6, 6.07) is 16.6. The van der Waals surface area contributed by atoms with Gasteiger partial charge in [0.05, 0.1) is 6.42 Å². The molecule has 3 aromatic rings. The third kappa shape index (κ3) is 5.69. The fourth-order valence-electron chi connectivity index (χ4n) is 4.35. The number of aromatic amines is 1. The highest BCUT2D eigenvalue weighted by molar-refractivity contribution is 5.90. The maximum atomic E-state index is 12.6. The average Bonchev–Trinajstić information content (AvgIpc) is 3.13. The van der Waals surface area contributed by atoms with Gasteiger partial charge >= 0.3 is 0 Å². The summed E-state index contributed by atoms with van der Waals surface area (Å²) >= 11 is 0. The number of ether oxygens (including phenoxy) is 2. The van der Waals surface area contributed by atoms with Gasteiger partial charge in [0.25, 0.3) is 0 Å². The van der Waals surface area contributed by atoms with Crippen LogP contribution in [0, 0.1) is 6.92 Å². The normalized spacial score (nSPS) is 14.7. The van der Waals surface area contributed by atoms with E-state index in [1.54, 1.807) is 0 Å². The molecule has 1 amide bonds. The Morgan fingerprint density at radius 1 is 1.19 bits per heavy atom. The lowest BCUT2D eigenvalue weighted by Gasteiger charge is -2.31. The van der Waals surface area contributed by atoms with E-state index in [1.165, 1.54) is 0 Å². The summed E-state index contributed by atoms with van der Waals surface area (Å²) in [5, 5.41) is 4.16. The second kappa shape index (κ2) is 10.7. The van der Waals surface area contributed by atoms with Gasteiger partial charge in [-0.3, -0.25) is 9.69 Å². The van der Waals surface area contributed by atoms with E-state index in [-0.39, 0.29) is 5.91 Å². The molecule has 0 spiro atoms.